The lowest BCUT2D eigenvalue weighted by molar-refractivity contribution is -0.137. The number of carboxylic acid groups (broad SMARTS) is 1. The van der Waals surface area contributed by atoms with Gasteiger partial charge in [0.25, 0.3) is 0 Å². The van der Waals surface area contributed by atoms with Gasteiger partial charge in [0.2, 0.25) is 0 Å². The second-order valence-electron chi connectivity index (χ2n) is 5.23. The van der Waals surface area contributed by atoms with Gasteiger partial charge in [0.05, 0.1) is 6.07 Å². The van der Waals surface area contributed by atoms with Gasteiger partial charge in [-0.15, -0.1) is 0 Å². The van der Waals surface area contributed by atoms with Crippen LogP contribution in [0.3, 0.4) is 0 Å². The molecule has 0 atom stereocenters. The highest BCUT2D eigenvalue weighted by molar-refractivity contribution is 5.66. The fraction of sp³-hybridized carbons (Fsp3) is 0.300. The predicted molar refractivity (Wildman–Crippen MR) is 92.0 cm³/mol. The summed E-state index contributed by atoms with van der Waals surface area (Å²) in [6, 6.07) is 22.3. The van der Waals surface area contributed by atoms with Gasteiger partial charge in [-0.25, -0.2) is 0 Å². The van der Waals surface area contributed by atoms with Crippen LogP contribution in [0.1, 0.15) is 36.8 Å². The number of aliphatic carboxylic acids is 1. The first-order chi connectivity index (χ1) is 11.2. The van der Waals surface area contributed by atoms with Gasteiger partial charge < -0.3 is 5.11 Å². The smallest absolute Gasteiger partial charge is 0.303 e. The Kier molecular flexibility index (Phi) is 9.62. The molecule has 0 aliphatic carbocycles. The lowest BCUT2D eigenvalue weighted by atomic mass is 10.1. The lowest BCUT2D eigenvalue weighted by Gasteiger charge is -1.97. The number of carbonyl (C=O) groups is 1. The standard InChI is InChI=1S/C10H11N.C10H12O2/c11-9-5-4-8-10-6-2-1-3-7-10;11-10(12)8-4-7-9-5-2-1-3-6-9/h1-3,6-7H,4-5,8H2;1-3,5-6H,4,7-8H2,(H,11,12). The average molecular weight is 309 g/mol. The number of nitriles is 1. The van der Waals surface area contributed by atoms with Gasteiger partial charge in [0, 0.05) is 12.8 Å². The molecule has 2 rings (SSSR count). The molecule has 3 heteroatoms. The van der Waals surface area contributed by atoms with Crippen molar-refractivity contribution >= 4 is 5.97 Å². The third kappa shape index (κ3) is 9.87. The molecule has 0 saturated carbocycles. The highest BCUT2D eigenvalue weighted by Crippen LogP contribution is 2.04. The van der Waals surface area contributed by atoms with Crippen molar-refractivity contribution in [1.29, 1.82) is 5.26 Å². The van der Waals surface area contributed by atoms with E-state index in [1.54, 1.807) is 0 Å². The zero-order chi connectivity index (χ0) is 16.8. The van der Waals surface area contributed by atoms with Crippen molar-refractivity contribution in [2.45, 2.75) is 38.5 Å². The summed E-state index contributed by atoms with van der Waals surface area (Å²) in [6.07, 6.45) is 4.49. The van der Waals surface area contributed by atoms with Crippen molar-refractivity contribution < 1.29 is 9.90 Å². The van der Waals surface area contributed by atoms with Crippen LogP contribution in [0, 0.1) is 11.3 Å². The van der Waals surface area contributed by atoms with Crippen molar-refractivity contribution in [2.75, 3.05) is 0 Å². The van der Waals surface area contributed by atoms with E-state index in [9.17, 15) is 4.79 Å². The summed E-state index contributed by atoms with van der Waals surface area (Å²) < 4.78 is 0. The van der Waals surface area contributed by atoms with E-state index in [1.165, 1.54) is 11.1 Å². The SMILES string of the molecule is N#CCCCc1ccccc1.O=C(O)CCCc1ccccc1. The quantitative estimate of drug-likeness (QED) is 0.759. The lowest BCUT2D eigenvalue weighted by Crippen LogP contribution is -1.95. The number of aryl methyl sites for hydroxylation is 2. The predicted octanol–water partition coefficient (Wildman–Crippen LogP) is 4.63. The first-order valence-corrected chi connectivity index (χ1v) is 7.89. The minimum atomic E-state index is -0.717. The van der Waals surface area contributed by atoms with Crippen molar-refractivity contribution in [3.63, 3.8) is 0 Å². The number of carboxylic acids is 1. The Morgan fingerprint density at radius 3 is 1.78 bits per heavy atom. The first-order valence-electron chi connectivity index (χ1n) is 7.89. The van der Waals surface area contributed by atoms with Crippen LogP contribution in [0.15, 0.2) is 60.7 Å². The molecule has 2 aromatic carbocycles. The molecule has 0 aliphatic rings. The van der Waals surface area contributed by atoms with E-state index < -0.39 is 5.97 Å². The van der Waals surface area contributed by atoms with Crippen molar-refractivity contribution in [2.24, 2.45) is 0 Å². The number of hydrogen-bond acceptors (Lipinski definition) is 2. The molecular weight excluding hydrogens is 286 g/mol. The Balaban J connectivity index is 0.000000231. The van der Waals surface area contributed by atoms with Crippen LogP contribution in [-0.2, 0) is 17.6 Å². The summed E-state index contributed by atoms with van der Waals surface area (Å²) >= 11 is 0. The summed E-state index contributed by atoms with van der Waals surface area (Å²) in [6.45, 7) is 0. The third-order valence-electron chi connectivity index (χ3n) is 3.30. The summed E-state index contributed by atoms with van der Waals surface area (Å²) in [4.78, 5) is 10.2. The number of rotatable bonds is 7. The summed E-state index contributed by atoms with van der Waals surface area (Å²) in [5.74, 6) is -0.717. The van der Waals surface area contributed by atoms with E-state index in [0.717, 1.165) is 25.7 Å². The molecule has 0 amide bonds. The summed E-state index contributed by atoms with van der Waals surface area (Å²) in [5, 5.41) is 16.7. The Hall–Kier alpha value is -2.60. The van der Waals surface area contributed by atoms with Crippen LogP contribution in [0.2, 0.25) is 0 Å². The molecule has 0 unspecified atom stereocenters. The largest absolute Gasteiger partial charge is 0.481 e. The molecule has 0 bridgehead atoms. The van der Waals surface area contributed by atoms with Crippen LogP contribution in [0.4, 0.5) is 0 Å². The van der Waals surface area contributed by atoms with Crippen LogP contribution >= 0.6 is 0 Å². The summed E-state index contributed by atoms with van der Waals surface area (Å²) in [5.41, 5.74) is 2.53. The van der Waals surface area contributed by atoms with E-state index >= 15 is 0 Å². The molecular formula is C20H23NO2. The molecule has 1 N–H and O–H groups in total. The van der Waals surface area contributed by atoms with E-state index in [0.29, 0.717) is 6.42 Å². The van der Waals surface area contributed by atoms with Crippen LogP contribution < -0.4 is 0 Å². The maximum atomic E-state index is 10.2. The average Bonchev–Trinajstić information content (AvgIpc) is 2.57. The van der Waals surface area contributed by atoms with Gasteiger partial charge in [-0.2, -0.15) is 5.26 Å². The Morgan fingerprint density at radius 2 is 1.35 bits per heavy atom. The zero-order valence-corrected chi connectivity index (χ0v) is 13.3. The normalized spacial score (nSPS) is 9.35. The summed E-state index contributed by atoms with van der Waals surface area (Å²) in [7, 11) is 0. The molecule has 0 aromatic heterocycles. The Bertz CT molecular complexity index is 588. The van der Waals surface area contributed by atoms with Crippen LogP contribution in [0.25, 0.3) is 0 Å². The number of nitrogens with zero attached hydrogens (tertiary/aromatic N) is 1. The second kappa shape index (κ2) is 12.0. The topological polar surface area (TPSA) is 61.1 Å². The Labute approximate surface area is 138 Å². The van der Waals surface area contributed by atoms with E-state index in [2.05, 4.69) is 18.2 Å². The van der Waals surface area contributed by atoms with Crippen LogP contribution in [-0.4, -0.2) is 11.1 Å². The number of unbranched alkanes of at least 4 members (excludes halogenated alkanes) is 1. The van der Waals surface area contributed by atoms with E-state index in [1.807, 2.05) is 48.5 Å². The Morgan fingerprint density at radius 1 is 0.870 bits per heavy atom. The molecule has 23 heavy (non-hydrogen) atoms. The maximum Gasteiger partial charge on any atom is 0.303 e. The van der Waals surface area contributed by atoms with E-state index in [-0.39, 0.29) is 6.42 Å². The fourth-order valence-electron chi connectivity index (χ4n) is 2.10. The molecule has 120 valence electrons. The number of benzene rings is 2. The van der Waals surface area contributed by atoms with Gasteiger partial charge in [0.1, 0.15) is 0 Å². The van der Waals surface area contributed by atoms with Gasteiger partial charge in [0.15, 0.2) is 0 Å². The number of hydrogen-bond donors (Lipinski definition) is 1. The van der Waals surface area contributed by atoms with Gasteiger partial charge in [-0.05, 0) is 36.8 Å². The highest BCUT2D eigenvalue weighted by Gasteiger charge is 1.96. The van der Waals surface area contributed by atoms with Crippen molar-refractivity contribution in [3.8, 4) is 6.07 Å². The molecule has 0 heterocycles. The third-order valence-corrected chi connectivity index (χ3v) is 3.30. The molecule has 0 fully saturated rings. The fourth-order valence-corrected chi connectivity index (χ4v) is 2.10. The maximum absolute atomic E-state index is 10.2. The van der Waals surface area contributed by atoms with E-state index in [4.69, 9.17) is 10.4 Å². The van der Waals surface area contributed by atoms with Crippen molar-refractivity contribution in [1.82, 2.24) is 0 Å². The van der Waals surface area contributed by atoms with Gasteiger partial charge >= 0.3 is 5.97 Å². The molecule has 0 radical (unpaired) electrons. The second-order valence-corrected chi connectivity index (χ2v) is 5.23. The molecule has 0 spiro atoms. The minimum absolute atomic E-state index is 0.259. The molecule has 3 nitrogen and oxygen atoms in total. The van der Waals surface area contributed by atoms with Gasteiger partial charge in [-0.3, -0.25) is 4.79 Å². The molecule has 0 aliphatic heterocycles. The molecule has 0 saturated heterocycles. The van der Waals surface area contributed by atoms with Crippen molar-refractivity contribution in [3.05, 3.63) is 71.8 Å². The van der Waals surface area contributed by atoms with Crippen LogP contribution in [0.5, 0.6) is 0 Å². The highest BCUT2D eigenvalue weighted by atomic mass is 16.4. The van der Waals surface area contributed by atoms with Gasteiger partial charge in [-0.1, -0.05) is 60.7 Å². The monoisotopic (exact) mass is 309 g/mol. The first kappa shape index (κ1) is 18.4. The molecule has 2 aromatic rings. The minimum Gasteiger partial charge on any atom is -0.481 e. The zero-order valence-electron chi connectivity index (χ0n) is 13.3.